The second-order valence-corrected chi connectivity index (χ2v) is 9.26. The second-order valence-electron chi connectivity index (χ2n) is 7.51. The highest BCUT2D eigenvalue weighted by Crippen LogP contribution is 2.18. The van der Waals surface area contributed by atoms with Crippen LogP contribution in [0.5, 0.6) is 0 Å². The molecule has 0 aliphatic carbocycles. The van der Waals surface area contributed by atoms with Gasteiger partial charge < -0.3 is 15.1 Å². The molecule has 0 bridgehead atoms. The molecule has 0 aromatic carbocycles. The molecule has 2 N–H and O–H groups in total. The highest BCUT2D eigenvalue weighted by Gasteiger charge is 2.27. The maximum absolute atomic E-state index is 11.5. The lowest BCUT2D eigenvalue weighted by atomic mass is 10.1. The monoisotopic (exact) mass is 375 g/mol. The van der Waals surface area contributed by atoms with E-state index in [-0.39, 0.29) is 0 Å². The van der Waals surface area contributed by atoms with Crippen molar-refractivity contribution in [3.63, 3.8) is 0 Å². The minimum Gasteiger partial charge on any atom is -0.357 e. The van der Waals surface area contributed by atoms with Crippen LogP contribution in [0.3, 0.4) is 0 Å². The number of nitrogens with one attached hydrogen (secondary N) is 2. The Morgan fingerprint density at radius 1 is 1.28 bits per heavy atom. The maximum Gasteiger partial charge on any atom is 0.209 e. The molecule has 0 saturated carbocycles. The Kier molecular flexibility index (Phi) is 8.63. The van der Waals surface area contributed by atoms with E-state index in [1.165, 1.54) is 12.7 Å². The average Bonchev–Trinajstić information content (AvgIpc) is 2.95. The van der Waals surface area contributed by atoms with Gasteiger partial charge in [-0.25, -0.2) is 13.1 Å². The number of hydrogen-bond acceptors (Lipinski definition) is 4. The Bertz CT molecular complexity index is 529. The first-order chi connectivity index (χ1) is 11.6. The average molecular weight is 376 g/mol. The lowest BCUT2D eigenvalue weighted by Gasteiger charge is -2.27. The van der Waals surface area contributed by atoms with Gasteiger partial charge in [-0.15, -0.1) is 0 Å². The molecule has 8 heteroatoms. The topological polar surface area (TPSA) is 77.0 Å². The molecule has 25 heavy (non-hydrogen) atoms. The van der Waals surface area contributed by atoms with Crippen LogP contribution in [0.2, 0.25) is 0 Å². The van der Waals surface area contributed by atoms with E-state index in [4.69, 9.17) is 4.99 Å². The largest absolute Gasteiger partial charge is 0.357 e. The fourth-order valence-electron chi connectivity index (χ4n) is 3.25. The molecule has 0 spiro atoms. The van der Waals surface area contributed by atoms with Gasteiger partial charge in [0.1, 0.15) is 0 Å². The highest BCUT2D eigenvalue weighted by atomic mass is 32.2. The Morgan fingerprint density at radius 3 is 2.44 bits per heavy atom. The summed E-state index contributed by atoms with van der Waals surface area (Å²) in [5, 5.41) is 3.35. The van der Waals surface area contributed by atoms with Gasteiger partial charge in [-0.05, 0) is 46.2 Å². The minimum absolute atomic E-state index is 0.402. The molecule has 148 valence electrons. The van der Waals surface area contributed by atoms with Gasteiger partial charge in [-0.2, -0.15) is 0 Å². The third-order valence-corrected chi connectivity index (χ3v) is 5.34. The van der Waals surface area contributed by atoms with Crippen molar-refractivity contribution in [3.8, 4) is 0 Å². The molecule has 1 rings (SSSR count). The Morgan fingerprint density at radius 2 is 1.92 bits per heavy atom. The molecule has 0 aromatic rings. The number of hydrogen-bond donors (Lipinski definition) is 2. The normalized spacial score (nSPS) is 19.7. The maximum atomic E-state index is 11.5. The fourth-order valence-corrected chi connectivity index (χ4v) is 4.32. The van der Waals surface area contributed by atoms with E-state index in [9.17, 15) is 8.42 Å². The van der Waals surface area contributed by atoms with Crippen LogP contribution in [0.15, 0.2) is 4.99 Å². The van der Waals surface area contributed by atoms with Gasteiger partial charge >= 0.3 is 0 Å². The lowest BCUT2D eigenvalue weighted by Crippen LogP contribution is -2.47. The van der Waals surface area contributed by atoms with Crippen molar-refractivity contribution in [2.24, 2.45) is 10.9 Å². The van der Waals surface area contributed by atoms with Gasteiger partial charge in [0, 0.05) is 31.7 Å². The van der Waals surface area contributed by atoms with E-state index in [1.54, 1.807) is 0 Å². The molecule has 1 atom stereocenters. The van der Waals surface area contributed by atoms with E-state index < -0.39 is 15.6 Å². The van der Waals surface area contributed by atoms with E-state index in [1.807, 2.05) is 13.8 Å². The lowest BCUT2D eigenvalue weighted by molar-refractivity contribution is 0.255. The van der Waals surface area contributed by atoms with Gasteiger partial charge in [0.2, 0.25) is 10.0 Å². The van der Waals surface area contributed by atoms with Crippen molar-refractivity contribution in [1.29, 1.82) is 0 Å². The molecular weight excluding hydrogens is 338 g/mol. The van der Waals surface area contributed by atoms with Crippen molar-refractivity contribution < 1.29 is 8.42 Å². The van der Waals surface area contributed by atoms with Crippen LogP contribution in [-0.4, -0.2) is 81.8 Å². The van der Waals surface area contributed by atoms with Crippen molar-refractivity contribution >= 4 is 16.0 Å². The summed E-state index contributed by atoms with van der Waals surface area (Å²) < 4.78 is 25.6. The Hall–Kier alpha value is -0.860. The molecule has 7 nitrogen and oxygen atoms in total. The first kappa shape index (κ1) is 22.2. The van der Waals surface area contributed by atoms with E-state index >= 15 is 0 Å². The van der Waals surface area contributed by atoms with Crippen molar-refractivity contribution in [2.45, 2.75) is 46.6 Å². The van der Waals surface area contributed by atoms with Crippen LogP contribution in [0.4, 0.5) is 0 Å². The standard InChI is InChI=1S/C17H37N5O2S/c1-7-18-16(19-14-17(4,5)20-25(6,23)24)22-11-10-15(13-22)12-21(8-2)9-3/h15,20H,7-14H2,1-6H3,(H,18,19). The van der Waals surface area contributed by atoms with Gasteiger partial charge in [0.05, 0.1) is 12.8 Å². The first-order valence-corrected chi connectivity index (χ1v) is 11.2. The van der Waals surface area contributed by atoms with Crippen LogP contribution in [0, 0.1) is 5.92 Å². The Balaban J connectivity index is 2.70. The number of likely N-dealkylation sites (tertiary alicyclic amines) is 1. The number of sulfonamides is 1. The highest BCUT2D eigenvalue weighted by molar-refractivity contribution is 7.88. The quantitative estimate of drug-likeness (QED) is 0.463. The minimum atomic E-state index is -3.25. The summed E-state index contributed by atoms with van der Waals surface area (Å²) in [5.41, 5.74) is -0.603. The zero-order chi connectivity index (χ0) is 19.1. The number of nitrogens with zero attached hydrogens (tertiary/aromatic N) is 3. The SMILES string of the molecule is CCNC(=NCC(C)(C)NS(C)(=O)=O)N1CCC(CN(CC)CC)C1. The van der Waals surface area contributed by atoms with Crippen molar-refractivity contribution in [1.82, 2.24) is 19.8 Å². The van der Waals surface area contributed by atoms with Gasteiger partial charge in [-0.3, -0.25) is 4.99 Å². The second kappa shape index (κ2) is 9.73. The Labute approximate surface area is 154 Å². The van der Waals surface area contributed by atoms with Gasteiger partial charge in [0.15, 0.2) is 5.96 Å². The van der Waals surface area contributed by atoms with E-state index in [0.717, 1.165) is 45.2 Å². The number of aliphatic imine (C=N–C) groups is 1. The smallest absolute Gasteiger partial charge is 0.209 e. The summed E-state index contributed by atoms with van der Waals surface area (Å²) in [6.45, 7) is 16.7. The molecule has 0 radical (unpaired) electrons. The third kappa shape index (κ3) is 8.37. The van der Waals surface area contributed by atoms with Crippen LogP contribution in [0.1, 0.15) is 41.0 Å². The zero-order valence-electron chi connectivity index (χ0n) is 16.8. The number of guanidine groups is 1. The van der Waals surface area contributed by atoms with E-state index in [2.05, 4.69) is 40.6 Å². The summed E-state index contributed by atoms with van der Waals surface area (Å²) in [4.78, 5) is 9.47. The molecule has 1 saturated heterocycles. The molecule has 0 aromatic heterocycles. The molecule has 1 heterocycles. The molecular formula is C17H37N5O2S. The van der Waals surface area contributed by atoms with Gasteiger partial charge in [-0.1, -0.05) is 13.8 Å². The zero-order valence-corrected chi connectivity index (χ0v) is 17.6. The molecule has 0 amide bonds. The van der Waals surface area contributed by atoms with E-state index in [0.29, 0.717) is 12.5 Å². The summed E-state index contributed by atoms with van der Waals surface area (Å²) in [7, 11) is -3.25. The predicted molar refractivity (Wildman–Crippen MR) is 106 cm³/mol. The first-order valence-electron chi connectivity index (χ1n) is 9.34. The summed E-state index contributed by atoms with van der Waals surface area (Å²) in [6.07, 6.45) is 2.36. The van der Waals surface area contributed by atoms with Crippen LogP contribution < -0.4 is 10.0 Å². The van der Waals surface area contributed by atoms with Crippen LogP contribution in [0.25, 0.3) is 0 Å². The van der Waals surface area contributed by atoms with Crippen molar-refractivity contribution in [3.05, 3.63) is 0 Å². The van der Waals surface area contributed by atoms with Crippen LogP contribution >= 0.6 is 0 Å². The fraction of sp³-hybridized carbons (Fsp3) is 0.941. The molecule has 1 unspecified atom stereocenters. The summed E-state index contributed by atoms with van der Waals surface area (Å²) in [5.74, 6) is 1.54. The number of rotatable bonds is 9. The van der Waals surface area contributed by atoms with Gasteiger partial charge in [0.25, 0.3) is 0 Å². The molecule has 1 aliphatic rings. The predicted octanol–water partition coefficient (Wildman–Crippen LogP) is 0.943. The molecule has 1 aliphatic heterocycles. The van der Waals surface area contributed by atoms with Crippen molar-refractivity contribution in [2.75, 3.05) is 52.1 Å². The third-order valence-electron chi connectivity index (χ3n) is 4.42. The molecule has 1 fully saturated rings. The summed E-state index contributed by atoms with van der Waals surface area (Å²) in [6, 6.07) is 0. The summed E-state index contributed by atoms with van der Waals surface area (Å²) >= 11 is 0. The van der Waals surface area contributed by atoms with Crippen LogP contribution in [-0.2, 0) is 10.0 Å².